The number of ether oxygens (including phenoxy) is 1. The van der Waals surface area contributed by atoms with Gasteiger partial charge in [0.25, 0.3) is 0 Å². The highest BCUT2D eigenvalue weighted by Crippen LogP contribution is 2.18. The molecule has 0 spiro atoms. The van der Waals surface area contributed by atoms with Crippen LogP contribution in [0, 0.1) is 0 Å². The van der Waals surface area contributed by atoms with E-state index in [4.69, 9.17) is 4.74 Å². The minimum Gasteiger partial charge on any atom is -0.378 e. The molecule has 1 saturated heterocycles. The summed E-state index contributed by atoms with van der Waals surface area (Å²) in [5.41, 5.74) is 1.34. The van der Waals surface area contributed by atoms with Crippen molar-refractivity contribution >= 4 is 29.9 Å². The number of halogens is 4. The number of hydrogen-bond donors (Lipinski definition) is 2. The molecule has 0 aliphatic carbocycles. The molecule has 2 rings (SSSR count). The highest BCUT2D eigenvalue weighted by atomic mass is 127. The summed E-state index contributed by atoms with van der Waals surface area (Å²) in [4.78, 5) is 6.37. The summed E-state index contributed by atoms with van der Waals surface area (Å²) in [6, 6.07) is 10.5. The van der Waals surface area contributed by atoms with Gasteiger partial charge in [0.15, 0.2) is 5.96 Å². The molecule has 0 aromatic heterocycles. The Morgan fingerprint density at radius 3 is 2.41 bits per heavy atom. The highest BCUT2D eigenvalue weighted by molar-refractivity contribution is 14.0. The fraction of sp³-hybridized carbons (Fsp3) is 0.650. The number of benzene rings is 1. The van der Waals surface area contributed by atoms with Crippen LogP contribution in [0.4, 0.5) is 13.2 Å². The van der Waals surface area contributed by atoms with Gasteiger partial charge >= 0.3 is 6.18 Å². The van der Waals surface area contributed by atoms with E-state index in [2.05, 4.69) is 44.8 Å². The molecule has 1 aliphatic heterocycles. The zero-order valence-corrected chi connectivity index (χ0v) is 19.2. The molecule has 0 radical (unpaired) electrons. The second kappa shape index (κ2) is 14.0. The van der Waals surface area contributed by atoms with Gasteiger partial charge in [0.2, 0.25) is 0 Å². The third-order valence-corrected chi connectivity index (χ3v) is 4.68. The zero-order valence-electron chi connectivity index (χ0n) is 16.9. The third-order valence-electron chi connectivity index (χ3n) is 4.68. The van der Waals surface area contributed by atoms with Crippen LogP contribution in [0.2, 0.25) is 0 Å². The molecule has 1 aromatic rings. The Labute approximate surface area is 188 Å². The summed E-state index contributed by atoms with van der Waals surface area (Å²) >= 11 is 0. The van der Waals surface area contributed by atoms with Gasteiger partial charge in [-0.15, -0.1) is 24.0 Å². The van der Waals surface area contributed by atoms with Gasteiger partial charge in [-0.1, -0.05) is 30.3 Å². The Bertz CT molecular complexity index is 579. The standard InChI is InChI=1S/C20H31F3N4O.HI/c1-24-19(26-12-10-20(21,22)23)25-11-5-15-28-18-8-13-27(14-9-18)16-17-6-3-2-4-7-17;/h2-4,6-7,18H,5,8-16H2,1H3,(H2,24,25,26);1H. The van der Waals surface area contributed by atoms with Crippen LogP contribution in [0.15, 0.2) is 35.3 Å². The second-order valence-corrected chi connectivity index (χ2v) is 6.98. The monoisotopic (exact) mass is 528 g/mol. The van der Waals surface area contributed by atoms with Gasteiger partial charge in [-0.05, 0) is 24.8 Å². The van der Waals surface area contributed by atoms with Gasteiger partial charge in [0, 0.05) is 46.4 Å². The number of rotatable bonds is 9. The Morgan fingerprint density at radius 2 is 1.79 bits per heavy atom. The molecule has 1 aliphatic rings. The van der Waals surface area contributed by atoms with E-state index < -0.39 is 12.6 Å². The number of hydrogen-bond acceptors (Lipinski definition) is 3. The van der Waals surface area contributed by atoms with Gasteiger partial charge in [-0.25, -0.2) is 0 Å². The minimum absolute atomic E-state index is 0. The van der Waals surface area contributed by atoms with Crippen molar-refractivity contribution in [2.75, 3.05) is 39.8 Å². The van der Waals surface area contributed by atoms with Gasteiger partial charge in [0.1, 0.15) is 0 Å². The van der Waals surface area contributed by atoms with Gasteiger partial charge < -0.3 is 15.4 Å². The number of likely N-dealkylation sites (tertiary alicyclic amines) is 1. The average Bonchev–Trinajstić information content (AvgIpc) is 2.67. The van der Waals surface area contributed by atoms with Crippen molar-refractivity contribution in [1.29, 1.82) is 0 Å². The number of aliphatic imine (C=N–C) groups is 1. The molecule has 5 nitrogen and oxygen atoms in total. The first-order valence-corrected chi connectivity index (χ1v) is 9.85. The fourth-order valence-electron chi connectivity index (χ4n) is 3.15. The van der Waals surface area contributed by atoms with Crippen LogP contribution < -0.4 is 10.6 Å². The van der Waals surface area contributed by atoms with E-state index in [9.17, 15) is 13.2 Å². The molecule has 0 unspecified atom stereocenters. The van der Waals surface area contributed by atoms with Gasteiger partial charge in [0.05, 0.1) is 12.5 Å². The molecular weight excluding hydrogens is 496 g/mol. The van der Waals surface area contributed by atoms with Crippen molar-refractivity contribution in [2.24, 2.45) is 4.99 Å². The smallest absolute Gasteiger partial charge is 0.378 e. The van der Waals surface area contributed by atoms with Crippen molar-refractivity contribution in [1.82, 2.24) is 15.5 Å². The lowest BCUT2D eigenvalue weighted by Crippen LogP contribution is -2.40. The fourth-order valence-corrected chi connectivity index (χ4v) is 3.15. The van der Waals surface area contributed by atoms with Gasteiger partial charge in [-0.2, -0.15) is 13.2 Å². The predicted octanol–water partition coefficient (Wildman–Crippen LogP) is 3.79. The van der Waals surface area contributed by atoms with Gasteiger partial charge in [-0.3, -0.25) is 9.89 Å². The molecule has 0 bridgehead atoms. The molecule has 0 amide bonds. The molecule has 2 N–H and O–H groups in total. The maximum atomic E-state index is 12.2. The van der Waals surface area contributed by atoms with E-state index in [1.807, 2.05) is 6.07 Å². The van der Waals surface area contributed by atoms with Crippen molar-refractivity contribution in [3.63, 3.8) is 0 Å². The molecule has 9 heteroatoms. The average molecular weight is 528 g/mol. The minimum atomic E-state index is -4.16. The zero-order chi connectivity index (χ0) is 20.2. The van der Waals surface area contributed by atoms with E-state index in [1.165, 1.54) is 5.56 Å². The first-order valence-electron chi connectivity index (χ1n) is 9.85. The molecule has 1 heterocycles. The number of guanidine groups is 1. The van der Waals surface area contributed by atoms with Crippen LogP contribution in [-0.4, -0.2) is 63.0 Å². The van der Waals surface area contributed by atoms with Crippen molar-refractivity contribution in [3.8, 4) is 0 Å². The lowest BCUT2D eigenvalue weighted by Gasteiger charge is -2.32. The predicted molar refractivity (Wildman–Crippen MR) is 121 cm³/mol. The quantitative estimate of drug-likeness (QED) is 0.222. The number of piperidine rings is 1. The van der Waals surface area contributed by atoms with E-state index in [0.29, 0.717) is 19.1 Å². The highest BCUT2D eigenvalue weighted by Gasteiger charge is 2.26. The van der Waals surface area contributed by atoms with Crippen LogP contribution in [0.5, 0.6) is 0 Å². The molecule has 166 valence electrons. The van der Waals surface area contributed by atoms with E-state index in [0.717, 1.165) is 38.9 Å². The molecule has 1 fully saturated rings. The van der Waals surface area contributed by atoms with Crippen molar-refractivity contribution in [3.05, 3.63) is 35.9 Å². The SMILES string of the molecule is CN=C(NCCCOC1CCN(Cc2ccccc2)CC1)NCCC(F)(F)F.I. The summed E-state index contributed by atoms with van der Waals surface area (Å²) in [6.45, 7) is 4.12. The molecular formula is C20H32F3IN4O. The molecule has 29 heavy (non-hydrogen) atoms. The van der Waals surface area contributed by atoms with E-state index >= 15 is 0 Å². The number of nitrogens with zero attached hydrogens (tertiary/aromatic N) is 2. The first-order chi connectivity index (χ1) is 13.5. The molecule has 0 saturated carbocycles. The summed E-state index contributed by atoms with van der Waals surface area (Å²) in [6.07, 6.45) is -1.90. The first kappa shape index (κ1) is 26.0. The second-order valence-electron chi connectivity index (χ2n) is 6.98. The Kier molecular flexibility index (Phi) is 12.6. The van der Waals surface area contributed by atoms with Crippen LogP contribution >= 0.6 is 24.0 Å². The van der Waals surface area contributed by atoms with Crippen LogP contribution in [0.3, 0.4) is 0 Å². The summed E-state index contributed by atoms with van der Waals surface area (Å²) in [5, 5.41) is 5.67. The van der Waals surface area contributed by atoms with E-state index in [-0.39, 0.29) is 36.6 Å². The normalized spacial score (nSPS) is 16.3. The Morgan fingerprint density at radius 1 is 1.14 bits per heavy atom. The van der Waals surface area contributed by atoms with Crippen LogP contribution in [-0.2, 0) is 11.3 Å². The number of nitrogens with one attached hydrogen (secondary N) is 2. The largest absolute Gasteiger partial charge is 0.390 e. The van der Waals surface area contributed by atoms with Crippen LogP contribution in [0.1, 0.15) is 31.2 Å². The Balaban J connectivity index is 0.00000420. The summed E-state index contributed by atoms with van der Waals surface area (Å²) < 4.78 is 42.4. The maximum Gasteiger partial charge on any atom is 0.390 e. The van der Waals surface area contributed by atoms with Crippen molar-refractivity contribution < 1.29 is 17.9 Å². The Hall–Kier alpha value is -1.07. The summed E-state index contributed by atoms with van der Waals surface area (Å²) in [7, 11) is 1.54. The third kappa shape index (κ3) is 11.6. The maximum absolute atomic E-state index is 12.2. The lowest BCUT2D eigenvalue weighted by atomic mass is 10.1. The molecule has 1 aromatic carbocycles. The number of alkyl halides is 3. The van der Waals surface area contributed by atoms with Crippen molar-refractivity contribution in [2.45, 2.75) is 44.5 Å². The molecule has 0 atom stereocenters. The topological polar surface area (TPSA) is 48.9 Å². The summed E-state index contributed by atoms with van der Waals surface area (Å²) in [5.74, 6) is 0.387. The van der Waals surface area contributed by atoms with Crippen LogP contribution in [0.25, 0.3) is 0 Å². The lowest BCUT2D eigenvalue weighted by molar-refractivity contribution is -0.132. The van der Waals surface area contributed by atoms with E-state index in [1.54, 1.807) is 7.05 Å².